The monoisotopic (exact) mass is 205 g/mol. The predicted octanol–water partition coefficient (Wildman–Crippen LogP) is 0.542. The van der Waals surface area contributed by atoms with Crippen molar-refractivity contribution in [1.82, 2.24) is 0 Å². The molecule has 0 radical (unpaired) electrons. The number of anilines is 1. The second kappa shape index (κ2) is 3.94. The zero-order chi connectivity index (χ0) is 10.8. The summed E-state index contributed by atoms with van der Waals surface area (Å²) >= 11 is 0. The first-order valence-electron chi connectivity index (χ1n) is 4.87. The quantitative estimate of drug-likeness (QED) is 0.707. The molecule has 0 atom stereocenters. The zero-order valence-electron chi connectivity index (χ0n) is 8.49. The SMILES string of the molecule is CB1OCc2cccc(NCC(=O)O)c21. The van der Waals surface area contributed by atoms with Crippen LogP contribution < -0.4 is 10.8 Å². The number of hydrogen-bond acceptors (Lipinski definition) is 3. The summed E-state index contributed by atoms with van der Waals surface area (Å²) in [6.07, 6.45) is 0. The van der Waals surface area contributed by atoms with E-state index in [0.717, 1.165) is 16.7 Å². The van der Waals surface area contributed by atoms with Crippen molar-refractivity contribution in [2.45, 2.75) is 13.4 Å². The number of benzene rings is 1. The molecule has 0 unspecified atom stereocenters. The highest BCUT2D eigenvalue weighted by Gasteiger charge is 2.26. The molecule has 1 aromatic rings. The smallest absolute Gasteiger partial charge is 0.326 e. The Labute approximate surface area is 88.4 Å². The fraction of sp³-hybridized carbons (Fsp3) is 0.300. The van der Waals surface area contributed by atoms with Crippen molar-refractivity contribution >= 4 is 24.0 Å². The van der Waals surface area contributed by atoms with Crippen molar-refractivity contribution in [1.29, 1.82) is 0 Å². The highest BCUT2D eigenvalue weighted by molar-refractivity contribution is 6.69. The molecule has 0 aliphatic carbocycles. The maximum atomic E-state index is 10.5. The molecule has 5 heteroatoms. The lowest BCUT2D eigenvalue weighted by Crippen LogP contribution is -2.29. The van der Waals surface area contributed by atoms with E-state index in [1.165, 1.54) is 0 Å². The molecule has 0 saturated heterocycles. The van der Waals surface area contributed by atoms with Crippen LogP contribution in [0.4, 0.5) is 5.69 Å². The van der Waals surface area contributed by atoms with E-state index in [1.807, 2.05) is 25.0 Å². The van der Waals surface area contributed by atoms with E-state index in [9.17, 15) is 4.79 Å². The van der Waals surface area contributed by atoms with Gasteiger partial charge < -0.3 is 15.1 Å². The largest absolute Gasteiger partial charge is 0.480 e. The number of rotatable bonds is 3. The van der Waals surface area contributed by atoms with Crippen LogP contribution in [0.1, 0.15) is 5.56 Å². The fourth-order valence-electron chi connectivity index (χ4n) is 1.84. The van der Waals surface area contributed by atoms with Crippen LogP contribution in [0, 0.1) is 0 Å². The second-order valence-corrected chi connectivity index (χ2v) is 3.58. The van der Waals surface area contributed by atoms with Gasteiger partial charge in [-0.25, -0.2) is 0 Å². The maximum Gasteiger partial charge on any atom is 0.326 e. The molecule has 0 aromatic heterocycles. The van der Waals surface area contributed by atoms with Gasteiger partial charge in [0.25, 0.3) is 0 Å². The number of nitrogens with one attached hydrogen (secondary N) is 1. The molecule has 1 aliphatic heterocycles. The lowest BCUT2D eigenvalue weighted by Gasteiger charge is -2.10. The lowest BCUT2D eigenvalue weighted by molar-refractivity contribution is -0.134. The van der Waals surface area contributed by atoms with E-state index in [-0.39, 0.29) is 13.5 Å². The maximum absolute atomic E-state index is 10.5. The van der Waals surface area contributed by atoms with Crippen molar-refractivity contribution in [2.75, 3.05) is 11.9 Å². The summed E-state index contributed by atoms with van der Waals surface area (Å²) in [7, 11) is 0. The van der Waals surface area contributed by atoms with E-state index in [2.05, 4.69) is 5.32 Å². The molecule has 0 bridgehead atoms. The van der Waals surface area contributed by atoms with Crippen LogP contribution in [0.25, 0.3) is 0 Å². The minimum Gasteiger partial charge on any atom is -0.480 e. The Morgan fingerprint density at radius 1 is 1.67 bits per heavy atom. The molecule has 4 nitrogen and oxygen atoms in total. The van der Waals surface area contributed by atoms with Gasteiger partial charge in [0, 0.05) is 5.69 Å². The Hall–Kier alpha value is -1.49. The van der Waals surface area contributed by atoms with Crippen molar-refractivity contribution in [2.24, 2.45) is 0 Å². The molecular formula is C10H12BNO3. The standard InChI is InChI=1S/C10H12BNO3/c1-11-10-7(6-15-11)3-2-4-8(10)12-5-9(13)14/h2-4,12H,5-6H2,1H3,(H,13,14). The summed E-state index contributed by atoms with van der Waals surface area (Å²) in [6.45, 7) is 2.55. The van der Waals surface area contributed by atoms with E-state index in [1.54, 1.807) is 0 Å². The Balaban J connectivity index is 2.24. The zero-order valence-corrected chi connectivity index (χ0v) is 8.49. The number of hydrogen-bond donors (Lipinski definition) is 2. The number of aliphatic carboxylic acids is 1. The van der Waals surface area contributed by atoms with Gasteiger partial charge in [0.15, 0.2) is 0 Å². The first kappa shape index (κ1) is 10.0. The second-order valence-electron chi connectivity index (χ2n) is 3.58. The number of carbonyl (C=O) groups is 1. The molecule has 0 saturated carbocycles. The van der Waals surface area contributed by atoms with Gasteiger partial charge in [-0.05, 0) is 17.1 Å². The Morgan fingerprint density at radius 3 is 3.20 bits per heavy atom. The topological polar surface area (TPSA) is 58.6 Å². The number of carboxylic acids is 1. The van der Waals surface area contributed by atoms with E-state index >= 15 is 0 Å². The van der Waals surface area contributed by atoms with E-state index in [0.29, 0.717) is 6.61 Å². The third-order valence-corrected chi connectivity index (χ3v) is 2.52. The summed E-state index contributed by atoms with van der Waals surface area (Å²) in [6, 6.07) is 5.79. The Bertz CT molecular complexity index is 394. The first-order chi connectivity index (χ1) is 7.18. The van der Waals surface area contributed by atoms with Crippen LogP contribution in [-0.4, -0.2) is 24.5 Å². The van der Waals surface area contributed by atoms with Crippen molar-refractivity contribution in [3.05, 3.63) is 23.8 Å². The van der Waals surface area contributed by atoms with Crippen LogP contribution in [0.15, 0.2) is 18.2 Å². The van der Waals surface area contributed by atoms with Gasteiger partial charge in [0.2, 0.25) is 0 Å². The van der Waals surface area contributed by atoms with Crippen LogP contribution in [0.5, 0.6) is 0 Å². The summed E-state index contributed by atoms with van der Waals surface area (Å²) in [5.74, 6) is -0.862. The summed E-state index contributed by atoms with van der Waals surface area (Å²) in [4.78, 5) is 10.5. The summed E-state index contributed by atoms with van der Waals surface area (Å²) < 4.78 is 5.48. The molecular weight excluding hydrogens is 193 g/mol. The highest BCUT2D eigenvalue weighted by Crippen LogP contribution is 2.16. The highest BCUT2D eigenvalue weighted by atomic mass is 16.4. The predicted molar refractivity (Wildman–Crippen MR) is 58.6 cm³/mol. The van der Waals surface area contributed by atoms with Gasteiger partial charge in [-0.15, -0.1) is 0 Å². The minimum atomic E-state index is -0.862. The average Bonchev–Trinajstić information content (AvgIpc) is 2.58. The molecule has 1 aliphatic rings. The molecule has 15 heavy (non-hydrogen) atoms. The van der Waals surface area contributed by atoms with E-state index < -0.39 is 5.97 Å². The molecule has 0 fully saturated rings. The van der Waals surface area contributed by atoms with Gasteiger partial charge in [-0.2, -0.15) is 0 Å². The molecule has 0 spiro atoms. The molecule has 1 heterocycles. The fourth-order valence-corrected chi connectivity index (χ4v) is 1.84. The molecule has 0 amide bonds. The van der Waals surface area contributed by atoms with Gasteiger partial charge in [0.05, 0.1) is 6.61 Å². The summed E-state index contributed by atoms with van der Waals surface area (Å²) in [5.41, 5.74) is 3.08. The minimum absolute atomic E-state index is 0.0393. The number of carboxylic acid groups (broad SMARTS) is 1. The Morgan fingerprint density at radius 2 is 2.47 bits per heavy atom. The van der Waals surface area contributed by atoms with E-state index in [4.69, 9.17) is 9.76 Å². The van der Waals surface area contributed by atoms with Gasteiger partial charge >= 0.3 is 12.9 Å². The first-order valence-corrected chi connectivity index (χ1v) is 4.87. The normalized spacial score (nSPS) is 13.8. The molecule has 1 aromatic carbocycles. The van der Waals surface area contributed by atoms with Crippen LogP contribution in [0.2, 0.25) is 6.82 Å². The van der Waals surface area contributed by atoms with Gasteiger partial charge in [0.1, 0.15) is 6.54 Å². The molecule has 78 valence electrons. The third-order valence-electron chi connectivity index (χ3n) is 2.52. The van der Waals surface area contributed by atoms with Crippen molar-refractivity contribution in [3.63, 3.8) is 0 Å². The number of fused-ring (bicyclic) bond motifs is 1. The van der Waals surface area contributed by atoms with Crippen LogP contribution in [0.3, 0.4) is 0 Å². The summed E-state index contributed by atoms with van der Waals surface area (Å²) in [5, 5.41) is 11.5. The Kier molecular flexibility index (Phi) is 2.64. The van der Waals surface area contributed by atoms with Gasteiger partial charge in [-0.3, -0.25) is 4.79 Å². The molecule has 2 rings (SSSR count). The van der Waals surface area contributed by atoms with Crippen molar-refractivity contribution < 1.29 is 14.6 Å². The average molecular weight is 205 g/mol. The lowest BCUT2D eigenvalue weighted by atomic mass is 9.63. The molecule has 2 N–H and O–H groups in total. The van der Waals surface area contributed by atoms with Crippen LogP contribution >= 0.6 is 0 Å². The van der Waals surface area contributed by atoms with Gasteiger partial charge in [-0.1, -0.05) is 19.0 Å². The third kappa shape index (κ3) is 1.97. The van der Waals surface area contributed by atoms with Crippen LogP contribution in [-0.2, 0) is 16.1 Å². The van der Waals surface area contributed by atoms with Crippen molar-refractivity contribution in [3.8, 4) is 0 Å².